The topological polar surface area (TPSA) is 52.3 Å². The third-order valence-electron chi connectivity index (χ3n) is 2.89. The predicted octanol–water partition coefficient (Wildman–Crippen LogP) is 1.36. The summed E-state index contributed by atoms with van der Waals surface area (Å²) < 4.78 is 5.31. The smallest absolute Gasteiger partial charge is 0.141 e. The van der Waals surface area contributed by atoms with Crippen molar-refractivity contribution >= 4 is 5.78 Å². The first-order chi connectivity index (χ1) is 6.75. The molecule has 2 N–H and O–H groups in total. The molecule has 0 bridgehead atoms. The predicted molar refractivity (Wildman–Crippen MR) is 56.0 cm³/mol. The van der Waals surface area contributed by atoms with E-state index in [1.165, 1.54) is 0 Å². The Balaban J connectivity index is 2.30. The van der Waals surface area contributed by atoms with Crippen molar-refractivity contribution in [2.45, 2.75) is 32.6 Å². The summed E-state index contributed by atoms with van der Waals surface area (Å²) in [5, 5.41) is 0. The largest absolute Gasteiger partial charge is 0.381 e. The normalized spacial score (nSPS) is 24.6. The molecular formula is C11H21NO2. The molecule has 1 rings (SSSR count). The highest BCUT2D eigenvalue weighted by Gasteiger charge is 2.25. The first kappa shape index (κ1) is 11.7. The Hall–Kier alpha value is -0.410. The molecule has 2 unspecified atom stereocenters. The molecule has 0 aromatic carbocycles. The van der Waals surface area contributed by atoms with Gasteiger partial charge < -0.3 is 10.5 Å². The maximum absolute atomic E-state index is 11.9. The second-order valence-electron chi connectivity index (χ2n) is 4.15. The van der Waals surface area contributed by atoms with Crippen molar-refractivity contribution in [3.63, 3.8) is 0 Å². The number of carbonyl (C=O) groups excluding carboxylic acids is 1. The Bertz CT molecular complexity index is 176. The van der Waals surface area contributed by atoms with Crippen LogP contribution in [-0.4, -0.2) is 25.5 Å². The summed E-state index contributed by atoms with van der Waals surface area (Å²) in [6.45, 7) is 4.14. The van der Waals surface area contributed by atoms with Gasteiger partial charge in [-0.25, -0.2) is 0 Å². The summed E-state index contributed by atoms with van der Waals surface area (Å²) in [5.41, 5.74) is 5.42. The van der Waals surface area contributed by atoms with E-state index in [-0.39, 0.29) is 11.8 Å². The number of hydrogen-bond donors (Lipinski definition) is 1. The zero-order chi connectivity index (χ0) is 10.4. The summed E-state index contributed by atoms with van der Waals surface area (Å²) >= 11 is 0. The summed E-state index contributed by atoms with van der Waals surface area (Å²) in [6, 6.07) is 0. The van der Waals surface area contributed by atoms with E-state index in [1.807, 2.05) is 6.92 Å². The molecule has 0 aromatic heterocycles. The standard InChI is InChI=1S/C11H21NO2/c1-9(4-2-6-12)11(13)10-5-3-7-14-8-10/h9-10H,2-8,12H2,1H3. The molecule has 1 fully saturated rings. The van der Waals surface area contributed by atoms with Gasteiger partial charge in [-0.2, -0.15) is 0 Å². The molecule has 1 heterocycles. The minimum absolute atomic E-state index is 0.150. The number of Topliss-reactive ketones (excluding diaryl/α,β-unsaturated/α-hetero) is 1. The molecule has 3 nitrogen and oxygen atoms in total. The number of ether oxygens (including phenoxy) is 1. The van der Waals surface area contributed by atoms with Gasteiger partial charge in [0, 0.05) is 18.4 Å². The Morgan fingerprint density at radius 2 is 2.43 bits per heavy atom. The van der Waals surface area contributed by atoms with Gasteiger partial charge in [-0.05, 0) is 32.2 Å². The Kier molecular flexibility index (Phi) is 5.12. The minimum atomic E-state index is 0.150. The zero-order valence-electron chi connectivity index (χ0n) is 9.00. The van der Waals surface area contributed by atoms with Gasteiger partial charge in [-0.1, -0.05) is 6.92 Å². The third kappa shape index (κ3) is 3.39. The number of hydrogen-bond acceptors (Lipinski definition) is 3. The average molecular weight is 199 g/mol. The van der Waals surface area contributed by atoms with Crippen LogP contribution in [0.15, 0.2) is 0 Å². The molecular weight excluding hydrogens is 178 g/mol. The highest BCUT2D eigenvalue weighted by Crippen LogP contribution is 2.20. The maximum atomic E-state index is 11.9. The molecule has 0 aromatic rings. The van der Waals surface area contributed by atoms with Crippen LogP contribution in [0.4, 0.5) is 0 Å². The highest BCUT2D eigenvalue weighted by molar-refractivity contribution is 5.83. The van der Waals surface area contributed by atoms with Crippen molar-refractivity contribution in [2.24, 2.45) is 17.6 Å². The van der Waals surface area contributed by atoms with Crippen molar-refractivity contribution < 1.29 is 9.53 Å². The zero-order valence-corrected chi connectivity index (χ0v) is 9.00. The number of rotatable bonds is 5. The van der Waals surface area contributed by atoms with Crippen LogP contribution < -0.4 is 5.73 Å². The molecule has 0 radical (unpaired) electrons. The van der Waals surface area contributed by atoms with E-state index >= 15 is 0 Å². The van der Waals surface area contributed by atoms with Crippen LogP contribution in [-0.2, 0) is 9.53 Å². The second kappa shape index (κ2) is 6.14. The van der Waals surface area contributed by atoms with E-state index in [0.717, 1.165) is 32.3 Å². The van der Waals surface area contributed by atoms with Gasteiger partial charge in [0.15, 0.2) is 0 Å². The molecule has 1 aliphatic rings. The van der Waals surface area contributed by atoms with Gasteiger partial charge in [0.1, 0.15) is 5.78 Å². The van der Waals surface area contributed by atoms with Gasteiger partial charge >= 0.3 is 0 Å². The fraction of sp³-hybridized carbons (Fsp3) is 0.909. The Morgan fingerprint density at radius 3 is 3.00 bits per heavy atom. The van der Waals surface area contributed by atoms with Gasteiger partial charge in [-0.3, -0.25) is 4.79 Å². The van der Waals surface area contributed by atoms with Crippen molar-refractivity contribution in [3.8, 4) is 0 Å². The molecule has 3 heteroatoms. The van der Waals surface area contributed by atoms with Crippen molar-refractivity contribution in [1.29, 1.82) is 0 Å². The summed E-state index contributed by atoms with van der Waals surface area (Å²) in [7, 11) is 0. The van der Waals surface area contributed by atoms with Crippen LogP contribution in [0.1, 0.15) is 32.6 Å². The van der Waals surface area contributed by atoms with Crippen molar-refractivity contribution in [3.05, 3.63) is 0 Å². The van der Waals surface area contributed by atoms with E-state index in [0.29, 0.717) is 18.9 Å². The molecule has 0 aliphatic carbocycles. The Morgan fingerprint density at radius 1 is 1.64 bits per heavy atom. The lowest BCUT2D eigenvalue weighted by Gasteiger charge is -2.23. The number of ketones is 1. The molecule has 0 saturated carbocycles. The average Bonchev–Trinajstić information content (AvgIpc) is 2.26. The van der Waals surface area contributed by atoms with Crippen LogP contribution in [0.3, 0.4) is 0 Å². The van der Waals surface area contributed by atoms with Crippen molar-refractivity contribution in [2.75, 3.05) is 19.8 Å². The van der Waals surface area contributed by atoms with E-state index in [2.05, 4.69) is 0 Å². The minimum Gasteiger partial charge on any atom is -0.381 e. The van der Waals surface area contributed by atoms with Gasteiger partial charge in [-0.15, -0.1) is 0 Å². The van der Waals surface area contributed by atoms with E-state index in [4.69, 9.17) is 10.5 Å². The molecule has 1 aliphatic heterocycles. The Labute approximate surface area is 86.0 Å². The van der Waals surface area contributed by atoms with Crippen molar-refractivity contribution in [1.82, 2.24) is 0 Å². The van der Waals surface area contributed by atoms with E-state index < -0.39 is 0 Å². The van der Waals surface area contributed by atoms with Crippen LogP contribution >= 0.6 is 0 Å². The lowest BCUT2D eigenvalue weighted by molar-refractivity contribution is -0.130. The fourth-order valence-corrected chi connectivity index (χ4v) is 1.93. The SMILES string of the molecule is CC(CCCN)C(=O)C1CCCOC1. The first-order valence-corrected chi connectivity index (χ1v) is 5.57. The summed E-state index contributed by atoms with van der Waals surface area (Å²) in [5.74, 6) is 0.680. The van der Waals surface area contributed by atoms with Crippen LogP contribution in [0, 0.1) is 11.8 Å². The van der Waals surface area contributed by atoms with Gasteiger partial charge in [0.05, 0.1) is 6.61 Å². The van der Waals surface area contributed by atoms with Crippen LogP contribution in [0.2, 0.25) is 0 Å². The van der Waals surface area contributed by atoms with Gasteiger partial charge in [0.25, 0.3) is 0 Å². The molecule has 0 amide bonds. The summed E-state index contributed by atoms with van der Waals surface area (Å²) in [6.07, 6.45) is 3.90. The second-order valence-corrected chi connectivity index (χ2v) is 4.15. The highest BCUT2D eigenvalue weighted by atomic mass is 16.5. The number of carbonyl (C=O) groups is 1. The van der Waals surface area contributed by atoms with Crippen LogP contribution in [0.25, 0.3) is 0 Å². The molecule has 2 atom stereocenters. The van der Waals surface area contributed by atoms with Gasteiger partial charge in [0.2, 0.25) is 0 Å². The molecule has 1 saturated heterocycles. The summed E-state index contributed by atoms with van der Waals surface area (Å²) in [4.78, 5) is 11.9. The van der Waals surface area contributed by atoms with Crippen LogP contribution in [0.5, 0.6) is 0 Å². The molecule has 0 spiro atoms. The fourth-order valence-electron chi connectivity index (χ4n) is 1.93. The molecule has 14 heavy (non-hydrogen) atoms. The molecule has 82 valence electrons. The monoisotopic (exact) mass is 199 g/mol. The first-order valence-electron chi connectivity index (χ1n) is 5.57. The van der Waals surface area contributed by atoms with E-state index in [9.17, 15) is 4.79 Å². The quantitative estimate of drug-likeness (QED) is 0.727. The lowest BCUT2D eigenvalue weighted by Crippen LogP contribution is -2.29. The number of nitrogens with two attached hydrogens (primary N) is 1. The third-order valence-corrected chi connectivity index (χ3v) is 2.89. The lowest BCUT2D eigenvalue weighted by atomic mass is 9.87. The maximum Gasteiger partial charge on any atom is 0.141 e. The van der Waals surface area contributed by atoms with E-state index in [1.54, 1.807) is 0 Å².